The normalized spacial score (nSPS) is 24.3. The summed E-state index contributed by atoms with van der Waals surface area (Å²) in [5.74, 6) is 1.59. The topological polar surface area (TPSA) is 62.8 Å². The molecule has 7 nitrogen and oxygen atoms in total. The van der Waals surface area contributed by atoms with E-state index in [0.29, 0.717) is 18.6 Å². The zero-order chi connectivity index (χ0) is 16.9. The second-order valence-corrected chi connectivity index (χ2v) is 6.51. The molecule has 2 aliphatic rings. The van der Waals surface area contributed by atoms with Crippen LogP contribution in [0.25, 0.3) is 0 Å². The summed E-state index contributed by atoms with van der Waals surface area (Å²) < 4.78 is 11.1. The third-order valence-corrected chi connectivity index (χ3v) is 4.62. The average Bonchev–Trinajstić information content (AvgIpc) is 3.06. The van der Waals surface area contributed by atoms with Crippen LogP contribution >= 0.6 is 0 Å². The van der Waals surface area contributed by atoms with Gasteiger partial charge in [-0.3, -0.25) is 0 Å². The van der Waals surface area contributed by atoms with Crippen LogP contribution in [0.1, 0.15) is 6.42 Å². The molecule has 3 heterocycles. The first kappa shape index (κ1) is 17.1. The van der Waals surface area contributed by atoms with Crippen LogP contribution in [0.15, 0.2) is 23.9 Å². The Hall–Kier alpha value is -1.70. The molecule has 2 atom stereocenters. The maximum Gasteiger partial charge on any atom is 0.224 e. The van der Waals surface area contributed by atoms with Crippen LogP contribution in [-0.2, 0) is 9.47 Å². The lowest BCUT2D eigenvalue weighted by molar-refractivity contribution is 0.0639. The maximum absolute atomic E-state index is 5.63. The molecule has 24 heavy (non-hydrogen) atoms. The van der Waals surface area contributed by atoms with Gasteiger partial charge in [0.1, 0.15) is 5.82 Å². The number of nitrogens with one attached hydrogen (secondary N) is 1. The van der Waals surface area contributed by atoms with Gasteiger partial charge in [-0.1, -0.05) is 6.08 Å². The predicted molar refractivity (Wildman–Crippen MR) is 94.5 cm³/mol. The van der Waals surface area contributed by atoms with Gasteiger partial charge >= 0.3 is 0 Å². The van der Waals surface area contributed by atoms with Gasteiger partial charge in [0.2, 0.25) is 5.95 Å². The molecule has 0 spiro atoms. The monoisotopic (exact) mass is 333 g/mol. The molecule has 0 aliphatic carbocycles. The van der Waals surface area contributed by atoms with Crippen LogP contribution < -0.4 is 10.2 Å². The van der Waals surface area contributed by atoms with Gasteiger partial charge in [-0.05, 0) is 32.2 Å². The van der Waals surface area contributed by atoms with Crippen molar-refractivity contribution >= 4 is 11.8 Å². The van der Waals surface area contributed by atoms with Crippen molar-refractivity contribution in [2.75, 3.05) is 64.3 Å². The fourth-order valence-electron chi connectivity index (χ4n) is 3.21. The molecule has 0 amide bonds. The molecular formula is C17H27N5O2. The second-order valence-electron chi connectivity index (χ2n) is 6.51. The van der Waals surface area contributed by atoms with E-state index in [9.17, 15) is 0 Å². The molecule has 0 aromatic carbocycles. The van der Waals surface area contributed by atoms with E-state index < -0.39 is 0 Å². The predicted octanol–water partition coefficient (Wildman–Crippen LogP) is 1.00. The van der Waals surface area contributed by atoms with Gasteiger partial charge in [-0.25, -0.2) is 4.98 Å². The summed E-state index contributed by atoms with van der Waals surface area (Å²) in [5.41, 5.74) is 1.25. The van der Waals surface area contributed by atoms with Crippen molar-refractivity contribution in [1.82, 2.24) is 14.9 Å². The highest BCUT2D eigenvalue weighted by Crippen LogP contribution is 2.23. The van der Waals surface area contributed by atoms with Crippen molar-refractivity contribution < 1.29 is 9.47 Å². The van der Waals surface area contributed by atoms with E-state index in [1.807, 2.05) is 6.07 Å². The lowest BCUT2D eigenvalue weighted by Crippen LogP contribution is -2.39. The highest BCUT2D eigenvalue weighted by atomic mass is 16.5. The minimum Gasteiger partial charge on any atom is -0.378 e. The Morgan fingerprint density at radius 2 is 2.29 bits per heavy atom. The van der Waals surface area contributed by atoms with E-state index in [2.05, 4.69) is 45.3 Å². The summed E-state index contributed by atoms with van der Waals surface area (Å²) in [4.78, 5) is 13.5. The van der Waals surface area contributed by atoms with Crippen LogP contribution in [0.3, 0.4) is 0 Å². The van der Waals surface area contributed by atoms with Gasteiger partial charge in [0.05, 0.1) is 25.4 Å². The van der Waals surface area contributed by atoms with Crippen molar-refractivity contribution in [1.29, 1.82) is 0 Å². The lowest BCUT2D eigenvalue weighted by atomic mass is 10.2. The molecule has 7 heteroatoms. The Morgan fingerprint density at radius 1 is 1.42 bits per heavy atom. The van der Waals surface area contributed by atoms with E-state index in [0.717, 1.165) is 38.5 Å². The Balaban J connectivity index is 1.63. The summed E-state index contributed by atoms with van der Waals surface area (Å²) in [6, 6.07) is 2.32. The van der Waals surface area contributed by atoms with E-state index in [-0.39, 0.29) is 6.10 Å². The van der Waals surface area contributed by atoms with Gasteiger partial charge in [-0.2, -0.15) is 4.98 Å². The van der Waals surface area contributed by atoms with Gasteiger partial charge in [-0.15, -0.1) is 0 Å². The summed E-state index contributed by atoms with van der Waals surface area (Å²) in [7, 11) is 5.96. The molecule has 1 fully saturated rings. The number of aromatic nitrogens is 2. The fraction of sp³-hybridized carbons (Fsp3) is 0.647. The number of methoxy groups -OCH3 is 1. The smallest absolute Gasteiger partial charge is 0.224 e. The summed E-state index contributed by atoms with van der Waals surface area (Å²) >= 11 is 0. The minimum atomic E-state index is 0.191. The largest absolute Gasteiger partial charge is 0.378 e. The molecular weight excluding hydrogens is 306 g/mol. The summed E-state index contributed by atoms with van der Waals surface area (Å²) in [5, 5.41) is 3.30. The van der Waals surface area contributed by atoms with Crippen LogP contribution in [-0.4, -0.2) is 81.1 Å². The van der Waals surface area contributed by atoms with Gasteiger partial charge in [0, 0.05) is 32.9 Å². The summed E-state index contributed by atoms with van der Waals surface area (Å²) in [6.45, 7) is 3.98. The minimum absolute atomic E-state index is 0.191. The number of nitrogens with zero attached hydrogens (tertiary/aromatic N) is 4. The van der Waals surface area contributed by atoms with Gasteiger partial charge in [0.25, 0.3) is 0 Å². The Labute approximate surface area is 143 Å². The van der Waals surface area contributed by atoms with E-state index >= 15 is 0 Å². The Bertz CT molecular complexity index is 578. The molecule has 2 aliphatic heterocycles. The second kappa shape index (κ2) is 7.92. The average molecular weight is 333 g/mol. The number of hydrogen-bond donors (Lipinski definition) is 1. The number of hydrogen-bond acceptors (Lipinski definition) is 7. The first-order valence-electron chi connectivity index (χ1n) is 8.44. The van der Waals surface area contributed by atoms with Crippen LogP contribution in [0.2, 0.25) is 0 Å². The standard InChI is InChI=1S/C17H27N5O2/c1-21(2)14-10-22(11-15(14)23-3)16-6-7-18-17(20-16)19-9-13-5-4-8-24-12-13/h5-7,14-15H,4,8-12H2,1-3H3,(H,18,19,20)/t14-,15+/m0/s1. The molecule has 0 saturated carbocycles. The molecule has 1 N–H and O–H groups in total. The van der Waals surface area contributed by atoms with Crippen molar-refractivity contribution in [2.45, 2.75) is 18.6 Å². The maximum atomic E-state index is 5.63. The number of anilines is 2. The van der Waals surface area contributed by atoms with Crippen molar-refractivity contribution in [2.24, 2.45) is 0 Å². The van der Waals surface area contributed by atoms with E-state index in [1.165, 1.54) is 5.57 Å². The van der Waals surface area contributed by atoms with Gasteiger partial charge in [0.15, 0.2) is 0 Å². The molecule has 1 aromatic rings. The van der Waals surface area contributed by atoms with Crippen LogP contribution in [0, 0.1) is 0 Å². The SMILES string of the molecule is CO[C@@H]1CN(c2ccnc(NCC3=CCCOC3)n2)C[C@@H]1N(C)C. The third kappa shape index (κ3) is 4.03. The number of likely N-dealkylation sites (N-methyl/N-ethyl adjacent to an activating group) is 1. The van der Waals surface area contributed by atoms with Crippen molar-refractivity contribution in [3.63, 3.8) is 0 Å². The molecule has 132 valence electrons. The Morgan fingerprint density at radius 3 is 2.96 bits per heavy atom. The highest BCUT2D eigenvalue weighted by molar-refractivity contribution is 5.45. The summed E-state index contributed by atoms with van der Waals surface area (Å²) in [6.07, 6.45) is 5.21. The van der Waals surface area contributed by atoms with E-state index in [1.54, 1.807) is 13.3 Å². The fourth-order valence-corrected chi connectivity index (χ4v) is 3.21. The van der Waals surface area contributed by atoms with Crippen molar-refractivity contribution in [3.8, 4) is 0 Å². The zero-order valence-corrected chi connectivity index (χ0v) is 14.7. The molecule has 1 aromatic heterocycles. The first-order chi connectivity index (χ1) is 11.7. The molecule has 3 rings (SSSR count). The number of rotatable bonds is 6. The van der Waals surface area contributed by atoms with Gasteiger partial charge < -0.3 is 24.6 Å². The molecule has 0 unspecified atom stereocenters. The van der Waals surface area contributed by atoms with Crippen LogP contribution in [0.4, 0.5) is 11.8 Å². The quantitative estimate of drug-likeness (QED) is 0.779. The molecule has 1 saturated heterocycles. The van der Waals surface area contributed by atoms with E-state index in [4.69, 9.17) is 9.47 Å². The third-order valence-electron chi connectivity index (χ3n) is 4.62. The zero-order valence-electron chi connectivity index (χ0n) is 14.7. The highest BCUT2D eigenvalue weighted by Gasteiger charge is 2.34. The molecule has 0 bridgehead atoms. The number of ether oxygens (including phenoxy) is 2. The lowest BCUT2D eigenvalue weighted by Gasteiger charge is -2.23. The van der Waals surface area contributed by atoms with Crippen molar-refractivity contribution in [3.05, 3.63) is 23.9 Å². The Kier molecular flexibility index (Phi) is 5.65. The first-order valence-corrected chi connectivity index (χ1v) is 8.44. The van der Waals surface area contributed by atoms with Crippen LogP contribution in [0.5, 0.6) is 0 Å². The molecule has 0 radical (unpaired) electrons.